The second-order valence-electron chi connectivity index (χ2n) is 12.1. The molecule has 1 atom stereocenters. The Morgan fingerprint density at radius 1 is 1.12 bits per heavy atom. The first-order valence-corrected chi connectivity index (χ1v) is 17.8. The number of benzene rings is 1. The van der Waals surface area contributed by atoms with Crippen LogP contribution in [0.1, 0.15) is 38.8 Å². The summed E-state index contributed by atoms with van der Waals surface area (Å²) in [4.78, 5) is 24.9. The number of pyridine rings is 2. The Balaban J connectivity index is 1.34. The SMILES string of the molecule is CN(C(=O)c1cc2nc(N)c3c(c2n1COCC[Si](C)(C)C)COC3)[C@@H]1COCc2cc(-c3cccnc3)ccc21. The quantitative estimate of drug-likeness (QED) is 0.224. The first-order valence-electron chi connectivity index (χ1n) is 14.1. The Morgan fingerprint density at radius 3 is 2.73 bits per heavy atom. The number of nitrogen functional groups attached to an aromatic ring is 1. The minimum Gasteiger partial charge on any atom is -0.383 e. The van der Waals surface area contributed by atoms with Crippen LogP contribution in [0.3, 0.4) is 0 Å². The second-order valence-corrected chi connectivity index (χ2v) is 17.7. The normalized spacial score (nSPS) is 16.5. The summed E-state index contributed by atoms with van der Waals surface area (Å²) in [6, 6.07) is 12.9. The molecule has 9 nitrogen and oxygen atoms in total. The van der Waals surface area contributed by atoms with Gasteiger partial charge < -0.3 is 29.4 Å². The Labute approximate surface area is 241 Å². The van der Waals surface area contributed by atoms with Crippen molar-refractivity contribution in [1.82, 2.24) is 19.4 Å². The van der Waals surface area contributed by atoms with Crippen molar-refractivity contribution in [2.75, 3.05) is 26.0 Å². The molecule has 0 saturated carbocycles. The number of nitrogens with zero attached hydrogens (tertiary/aromatic N) is 4. The molecule has 0 saturated heterocycles. The van der Waals surface area contributed by atoms with Gasteiger partial charge in [0, 0.05) is 45.2 Å². The zero-order chi connectivity index (χ0) is 28.7. The molecule has 41 heavy (non-hydrogen) atoms. The summed E-state index contributed by atoms with van der Waals surface area (Å²) in [5, 5.41) is 0. The molecule has 4 aromatic rings. The number of ether oxygens (including phenoxy) is 3. The molecule has 5 heterocycles. The number of hydrogen-bond acceptors (Lipinski definition) is 7. The van der Waals surface area contributed by atoms with Crippen molar-refractivity contribution in [2.24, 2.45) is 0 Å². The van der Waals surface area contributed by atoms with E-state index in [4.69, 9.17) is 19.9 Å². The van der Waals surface area contributed by atoms with Crippen LogP contribution in [-0.4, -0.2) is 53.7 Å². The number of aromatic nitrogens is 3. The highest BCUT2D eigenvalue weighted by molar-refractivity contribution is 6.76. The summed E-state index contributed by atoms with van der Waals surface area (Å²) in [7, 11) is 0.569. The van der Waals surface area contributed by atoms with Crippen LogP contribution < -0.4 is 5.73 Å². The van der Waals surface area contributed by atoms with E-state index in [0.717, 1.165) is 44.9 Å². The molecule has 0 bridgehead atoms. The highest BCUT2D eigenvalue weighted by Gasteiger charge is 2.32. The number of carbonyl (C=O) groups is 1. The van der Waals surface area contributed by atoms with Gasteiger partial charge in [-0.2, -0.15) is 0 Å². The molecule has 10 heteroatoms. The lowest BCUT2D eigenvalue weighted by molar-refractivity contribution is 0.0327. The number of fused-ring (bicyclic) bond motifs is 4. The van der Waals surface area contributed by atoms with Crippen LogP contribution in [0.15, 0.2) is 48.8 Å². The van der Waals surface area contributed by atoms with Crippen LogP contribution in [0.2, 0.25) is 25.7 Å². The van der Waals surface area contributed by atoms with Crippen LogP contribution in [0.5, 0.6) is 0 Å². The summed E-state index contributed by atoms with van der Waals surface area (Å²) in [5.74, 6) is 0.328. The predicted octanol–water partition coefficient (Wildman–Crippen LogP) is 5.37. The van der Waals surface area contributed by atoms with Crippen molar-refractivity contribution >= 4 is 30.8 Å². The second kappa shape index (κ2) is 11.0. The summed E-state index contributed by atoms with van der Waals surface area (Å²) in [5.41, 5.74) is 14.5. The topological polar surface area (TPSA) is 105 Å². The summed E-state index contributed by atoms with van der Waals surface area (Å²) < 4.78 is 19.9. The Hall–Kier alpha value is -3.57. The molecule has 0 aliphatic carbocycles. The van der Waals surface area contributed by atoms with E-state index in [0.29, 0.717) is 50.1 Å². The van der Waals surface area contributed by atoms with Crippen molar-refractivity contribution in [3.05, 3.63) is 76.7 Å². The van der Waals surface area contributed by atoms with Gasteiger partial charge >= 0.3 is 0 Å². The highest BCUT2D eigenvalue weighted by atomic mass is 28.3. The largest absolute Gasteiger partial charge is 0.383 e. The number of amides is 1. The van der Waals surface area contributed by atoms with Crippen molar-refractivity contribution in [2.45, 2.75) is 58.3 Å². The van der Waals surface area contributed by atoms with Gasteiger partial charge in [-0.1, -0.05) is 37.8 Å². The third kappa shape index (κ3) is 5.40. The van der Waals surface area contributed by atoms with E-state index < -0.39 is 8.07 Å². The molecule has 0 unspecified atom stereocenters. The van der Waals surface area contributed by atoms with Gasteiger partial charge in [-0.05, 0) is 46.5 Å². The van der Waals surface area contributed by atoms with Gasteiger partial charge in [0.1, 0.15) is 18.2 Å². The molecular weight excluding hydrogens is 534 g/mol. The summed E-state index contributed by atoms with van der Waals surface area (Å²) >= 11 is 0. The maximum atomic E-state index is 14.2. The standard InChI is InChI=1S/C31H37N5O4Si/c1-35(28-18-39-15-22-12-20(7-8-23(22)28)21-6-5-9-33-14-21)31(37)27-13-26-29(24-16-40-17-25(24)30(32)34-26)36(27)19-38-10-11-41(2,3)4/h5-9,12-14,28H,10-11,15-19H2,1-4H3,(H2,32,34)/t28-/m1/s1. The van der Waals surface area contributed by atoms with Gasteiger partial charge in [-0.25, -0.2) is 4.98 Å². The van der Waals surface area contributed by atoms with Crippen LogP contribution in [0.4, 0.5) is 5.82 Å². The van der Waals surface area contributed by atoms with Crippen LogP contribution in [0.25, 0.3) is 22.2 Å². The lowest BCUT2D eigenvalue weighted by Crippen LogP contribution is -2.37. The molecule has 2 aliphatic rings. The van der Waals surface area contributed by atoms with E-state index in [1.54, 1.807) is 11.1 Å². The molecule has 2 N–H and O–H groups in total. The lowest BCUT2D eigenvalue weighted by atomic mass is 9.94. The molecule has 3 aromatic heterocycles. The molecule has 0 radical (unpaired) electrons. The average Bonchev–Trinajstić information content (AvgIpc) is 3.59. The monoisotopic (exact) mass is 571 g/mol. The van der Waals surface area contributed by atoms with Gasteiger partial charge in [-0.3, -0.25) is 9.78 Å². The van der Waals surface area contributed by atoms with Gasteiger partial charge in [0.05, 0.1) is 43.5 Å². The fourth-order valence-corrected chi connectivity index (χ4v) is 6.39. The maximum absolute atomic E-state index is 14.2. The first-order chi connectivity index (χ1) is 19.7. The number of nitrogens with two attached hydrogens (primary N) is 1. The van der Waals surface area contributed by atoms with Crippen molar-refractivity contribution < 1.29 is 19.0 Å². The van der Waals surface area contributed by atoms with Gasteiger partial charge in [0.15, 0.2) is 0 Å². The zero-order valence-electron chi connectivity index (χ0n) is 24.1. The predicted molar refractivity (Wildman–Crippen MR) is 161 cm³/mol. The van der Waals surface area contributed by atoms with Crippen molar-refractivity contribution in [3.63, 3.8) is 0 Å². The first kappa shape index (κ1) is 27.6. The van der Waals surface area contributed by atoms with E-state index in [1.165, 1.54) is 0 Å². The van der Waals surface area contributed by atoms with Gasteiger partial charge in [0.25, 0.3) is 5.91 Å². The molecule has 0 spiro atoms. The smallest absolute Gasteiger partial charge is 0.270 e. The molecule has 214 valence electrons. The third-order valence-corrected chi connectivity index (χ3v) is 9.73. The van der Waals surface area contributed by atoms with E-state index in [9.17, 15) is 4.79 Å². The minimum absolute atomic E-state index is 0.124. The molecular formula is C31H37N5O4Si. The Morgan fingerprint density at radius 2 is 1.95 bits per heavy atom. The summed E-state index contributed by atoms with van der Waals surface area (Å²) in [6.45, 7) is 9.65. The number of anilines is 1. The average molecular weight is 572 g/mol. The summed E-state index contributed by atoms with van der Waals surface area (Å²) in [6.07, 6.45) is 3.62. The molecule has 6 rings (SSSR count). The number of hydrogen-bond donors (Lipinski definition) is 1. The third-order valence-electron chi connectivity index (χ3n) is 8.02. The molecule has 0 fully saturated rings. The fraction of sp³-hybridized carbons (Fsp3) is 0.387. The zero-order valence-corrected chi connectivity index (χ0v) is 25.1. The van der Waals surface area contributed by atoms with E-state index in [1.807, 2.05) is 36.0 Å². The van der Waals surface area contributed by atoms with Crippen LogP contribution in [-0.2, 0) is 40.8 Å². The number of likely N-dealkylation sites (N-methyl/N-ethyl adjacent to an activating group) is 1. The molecule has 1 amide bonds. The van der Waals surface area contributed by atoms with Crippen LogP contribution >= 0.6 is 0 Å². The van der Waals surface area contributed by atoms with Gasteiger partial charge in [-0.15, -0.1) is 0 Å². The van der Waals surface area contributed by atoms with E-state index >= 15 is 0 Å². The van der Waals surface area contributed by atoms with Crippen molar-refractivity contribution in [3.8, 4) is 11.1 Å². The van der Waals surface area contributed by atoms with E-state index in [2.05, 4.69) is 47.8 Å². The molecule has 2 aliphatic heterocycles. The lowest BCUT2D eigenvalue weighted by Gasteiger charge is -2.33. The van der Waals surface area contributed by atoms with E-state index in [-0.39, 0.29) is 18.7 Å². The maximum Gasteiger partial charge on any atom is 0.270 e. The van der Waals surface area contributed by atoms with Crippen LogP contribution in [0, 0.1) is 0 Å². The van der Waals surface area contributed by atoms with Crippen molar-refractivity contribution in [1.29, 1.82) is 0 Å². The number of rotatable bonds is 8. The minimum atomic E-state index is -1.27. The fourth-order valence-electron chi connectivity index (χ4n) is 5.63. The highest BCUT2D eigenvalue weighted by Crippen LogP contribution is 2.36. The molecule has 1 aromatic carbocycles. The Bertz CT molecular complexity index is 1600. The van der Waals surface area contributed by atoms with Gasteiger partial charge in [0.2, 0.25) is 0 Å². The Kier molecular flexibility index (Phi) is 7.41. The number of carbonyl (C=O) groups excluding carboxylic acids is 1.